The summed E-state index contributed by atoms with van der Waals surface area (Å²) in [5.41, 5.74) is 0.939. The van der Waals surface area contributed by atoms with E-state index in [0.29, 0.717) is 32.7 Å². The standard InChI is InChI=1S/C18H23N3O3/c22-16-11-15(13-1-6-19-7-2-13)18(20-16)4-8-21(9-5-18)17(23)14-3-10-24-12-14/h1-2,6-7,14-15H,3-5,8-12H2,(H,20,22)/t14-,15+/m0/s1. The van der Waals surface area contributed by atoms with Crippen LogP contribution in [0.3, 0.4) is 0 Å². The van der Waals surface area contributed by atoms with Crippen molar-refractivity contribution in [3.8, 4) is 0 Å². The highest BCUT2D eigenvalue weighted by atomic mass is 16.5. The first kappa shape index (κ1) is 15.6. The first-order valence-corrected chi connectivity index (χ1v) is 8.75. The number of carbonyl (C=O) groups is 2. The van der Waals surface area contributed by atoms with E-state index in [2.05, 4.69) is 10.3 Å². The number of hydrogen-bond acceptors (Lipinski definition) is 4. The maximum atomic E-state index is 12.6. The summed E-state index contributed by atoms with van der Waals surface area (Å²) in [7, 11) is 0. The number of ether oxygens (including phenoxy) is 1. The summed E-state index contributed by atoms with van der Waals surface area (Å²) in [4.78, 5) is 30.7. The molecule has 6 heteroatoms. The van der Waals surface area contributed by atoms with Crippen LogP contribution in [0, 0.1) is 5.92 Å². The van der Waals surface area contributed by atoms with E-state index in [1.54, 1.807) is 12.4 Å². The molecule has 24 heavy (non-hydrogen) atoms. The lowest BCUT2D eigenvalue weighted by Gasteiger charge is -2.43. The lowest BCUT2D eigenvalue weighted by Crippen LogP contribution is -2.55. The van der Waals surface area contributed by atoms with Crippen molar-refractivity contribution in [3.63, 3.8) is 0 Å². The number of rotatable bonds is 2. The molecule has 1 aromatic heterocycles. The summed E-state index contributed by atoms with van der Waals surface area (Å²) in [5.74, 6) is 0.515. The Kier molecular flexibility index (Phi) is 4.00. The second-order valence-corrected chi connectivity index (χ2v) is 7.13. The molecule has 1 aromatic rings. The summed E-state index contributed by atoms with van der Waals surface area (Å²) < 4.78 is 5.34. The van der Waals surface area contributed by atoms with Gasteiger partial charge in [-0.2, -0.15) is 0 Å². The Balaban J connectivity index is 1.48. The molecule has 6 nitrogen and oxygen atoms in total. The third-order valence-electron chi connectivity index (χ3n) is 5.80. The van der Waals surface area contributed by atoms with Gasteiger partial charge < -0.3 is 15.0 Å². The summed E-state index contributed by atoms with van der Waals surface area (Å²) in [5, 5.41) is 3.22. The highest BCUT2D eigenvalue weighted by Crippen LogP contribution is 2.43. The van der Waals surface area contributed by atoms with Crippen molar-refractivity contribution in [1.82, 2.24) is 15.2 Å². The molecule has 4 heterocycles. The molecule has 128 valence electrons. The van der Waals surface area contributed by atoms with Crippen molar-refractivity contribution in [3.05, 3.63) is 30.1 Å². The van der Waals surface area contributed by atoms with Gasteiger partial charge in [0.1, 0.15) is 0 Å². The molecule has 0 aliphatic carbocycles. The minimum Gasteiger partial charge on any atom is -0.381 e. The first-order chi connectivity index (χ1) is 11.7. The minimum absolute atomic E-state index is 0.0215. The fourth-order valence-corrected chi connectivity index (χ4v) is 4.42. The van der Waals surface area contributed by atoms with Gasteiger partial charge in [0.05, 0.1) is 18.1 Å². The average Bonchev–Trinajstić information content (AvgIpc) is 3.24. The Morgan fingerprint density at radius 1 is 1.29 bits per heavy atom. The summed E-state index contributed by atoms with van der Waals surface area (Å²) in [6.07, 6.45) is 6.54. The van der Waals surface area contributed by atoms with Crippen LogP contribution in [0.4, 0.5) is 0 Å². The molecule has 1 spiro atoms. The molecule has 1 N–H and O–H groups in total. The summed E-state index contributed by atoms with van der Waals surface area (Å²) in [6.45, 7) is 2.65. The number of nitrogens with zero attached hydrogens (tertiary/aromatic N) is 2. The average molecular weight is 329 g/mol. The second kappa shape index (κ2) is 6.16. The molecule has 0 bridgehead atoms. The quantitative estimate of drug-likeness (QED) is 0.881. The maximum absolute atomic E-state index is 12.6. The zero-order valence-electron chi connectivity index (χ0n) is 13.7. The van der Waals surface area contributed by atoms with Crippen LogP contribution in [0.5, 0.6) is 0 Å². The highest BCUT2D eigenvalue weighted by molar-refractivity contribution is 5.82. The zero-order chi connectivity index (χ0) is 16.6. The highest BCUT2D eigenvalue weighted by Gasteiger charge is 2.49. The van der Waals surface area contributed by atoms with Crippen molar-refractivity contribution in [2.75, 3.05) is 26.3 Å². The molecule has 4 rings (SSSR count). The fraction of sp³-hybridized carbons (Fsp3) is 0.611. The van der Waals surface area contributed by atoms with Crippen LogP contribution in [-0.4, -0.2) is 53.5 Å². The van der Waals surface area contributed by atoms with Gasteiger partial charge in [0.15, 0.2) is 0 Å². The molecule has 3 fully saturated rings. The number of hydrogen-bond donors (Lipinski definition) is 1. The van der Waals surface area contributed by atoms with Gasteiger partial charge in [-0.25, -0.2) is 0 Å². The normalized spacial score (nSPS) is 29.0. The molecule has 0 radical (unpaired) electrons. The van der Waals surface area contributed by atoms with Crippen LogP contribution in [-0.2, 0) is 14.3 Å². The number of amides is 2. The van der Waals surface area contributed by atoms with Crippen molar-refractivity contribution in [2.45, 2.75) is 37.1 Å². The smallest absolute Gasteiger partial charge is 0.228 e. The summed E-state index contributed by atoms with van der Waals surface area (Å²) in [6, 6.07) is 4.00. The lowest BCUT2D eigenvalue weighted by atomic mass is 9.74. The third kappa shape index (κ3) is 2.69. The Bertz CT molecular complexity index is 620. The van der Waals surface area contributed by atoms with Gasteiger partial charge in [-0.1, -0.05) is 0 Å². The number of piperidine rings is 1. The van der Waals surface area contributed by atoms with Crippen LogP contribution in [0.2, 0.25) is 0 Å². The molecular weight excluding hydrogens is 306 g/mol. The predicted molar refractivity (Wildman–Crippen MR) is 87.2 cm³/mol. The SMILES string of the molecule is O=C1C[C@H](c2ccncc2)C2(CCN(C(=O)[C@H]3CCOC3)CC2)N1. The molecule has 0 saturated carbocycles. The third-order valence-corrected chi connectivity index (χ3v) is 5.80. The van der Waals surface area contributed by atoms with E-state index >= 15 is 0 Å². The molecule has 2 amide bonds. The molecule has 2 atom stereocenters. The van der Waals surface area contributed by atoms with Crippen LogP contribution < -0.4 is 5.32 Å². The second-order valence-electron chi connectivity index (χ2n) is 7.13. The van der Waals surface area contributed by atoms with Gasteiger partial charge in [-0.05, 0) is 37.0 Å². The van der Waals surface area contributed by atoms with Crippen LogP contribution in [0.25, 0.3) is 0 Å². The van der Waals surface area contributed by atoms with Gasteiger partial charge >= 0.3 is 0 Å². The molecule has 0 aromatic carbocycles. The molecule has 3 aliphatic heterocycles. The Morgan fingerprint density at radius 2 is 2.04 bits per heavy atom. The van der Waals surface area contributed by atoms with Gasteiger partial charge in [-0.15, -0.1) is 0 Å². The topological polar surface area (TPSA) is 71.5 Å². The van der Waals surface area contributed by atoms with Crippen molar-refractivity contribution < 1.29 is 14.3 Å². The molecule has 3 aliphatic rings. The Morgan fingerprint density at radius 3 is 2.71 bits per heavy atom. The van der Waals surface area contributed by atoms with Crippen molar-refractivity contribution in [1.29, 1.82) is 0 Å². The van der Waals surface area contributed by atoms with Gasteiger partial charge in [0.25, 0.3) is 0 Å². The van der Waals surface area contributed by atoms with Gasteiger partial charge in [-0.3, -0.25) is 14.6 Å². The van der Waals surface area contributed by atoms with Gasteiger partial charge in [0.2, 0.25) is 11.8 Å². The van der Waals surface area contributed by atoms with E-state index in [0.717, 1.165) is 24.8 Å². The number of nitrogens with one attached hydrogen (secondary N) is 1. The molecule has 0 unspecified atom stereocenters. The maximum Gasteiger partial charge on any atom is 0.228 e. The lowest BCUT2D eigenvalue weighted by molar-refractivity contribution is -0.137. The number of carbonyl (C=O) groups excluding carboxylic acids is 2. The van der Waals surface area contributed by atoms with Crippen molar-refractivity contribution >= 4 is 11.8 Å². The van der Waals surface area contributed by atoms with E-state index in [1.165, 1.54) is 0 Å². The van der Waals surface area contributed by atoms with Crippen LogP contribution in [0.1, 0.15) is 37.2 Å². The fourth-order valence-electron chi connectivity index (χ4n) is 4.42. The van der Waals surface area contributed by atoms with E-state index in [-0.39, 0.29) is 29.2 Å². The monoisotopic (exact) mass is 329 g/mol. The summed E-state index contributed by atoms with van der Waals surface area (Å²) >= 11 is 0. The van der Waals surface area contributed by atoms with Crippen molar-refractivity contribution in [2.24, 2.45) is 5.92 Å². The predicted octanol–water partition coefficient (Wildman–Crippen LogP) is 1.08. The van der Waals surface area contributed by atoms with E-state index in [4.69, 9.17) is 4.74 Å². The molecule has 3 saturated heterocycles. The van der Waals surface area contributed by atoms with E-state index in [1.807, 2.05) is 17.0 Å². The first-order valence-electron chi connectivity index (χ1n) is 8.75. The van der Waals surface area contributed by atoms with Gasteiger partial charge in [0, 0.05) is 44.4 Å². The van der Waals surface area contributed by atoms with Crippen LogP contribution in [0.15, 0.2) is 24.5 Å². The number of pyridine rings is 1. The van der Waals surface area contributed by atoms with E-state index < -0.39 is 0 Å². The molecular formula is C18H23N3O3. The largest absolute Gasteiger partial charge is 0.381 e. The van der Waals surface area contributed by atoms with Crippen LogP contribution >= 0.6 is 0 Å². The Labute approximate surface area is 141 Å². The number of likely N-dealkylation sites (tertiary alicyclic amines) is 1. The minimum atomic E-state index is -0.221. The van der Waals surface area contributed by atoms with E-state index in [9.17, 15) is 9.59 Å². The Hall–Kier alpha value is -1.95. The number of aromatic nitrogens is 1. The zero-order valence-corrected chi connectivity index (χ0v) is 13.7.